The molecule has 0 bridgehead atoms. The molecule has 1 aromatic rings. The van der Waals surface area contributed by atoms with Gasteiger partial charge in [-0.25, -0.2) is 0 Å². The Morgan fingerprint density at radius 1 is 1.20 bits per heavy atom. The highest BCUT2D eigenvalue weighted by atomic mass is 127. The Morgan fingerprint density at radius 3 is 2.50 bits per heavy atom. The molecule has 1 aromatic carbocycles. The number of benzene rings is 1. The first kappa shape index (κ1) is 8.05. The van der Waals surface area contributed by atoms with Crippen LogP contribution in [0.3, 0.4) is 0 Å². The average Bonchev–Trinajstić information content (AvgIpc) is 2.03. The fraction of sp³-hybridized carbons (Fsp3) is 0.333. The molecule has 1 heteroatoms. The summed E-state index contributed by atoms with van der Waals surface area (Å²) in [5, 5.41) is 0. The van der Waals surface area contributed by atoms with Crippen LogP contribution in [0.1, 0.15) is 13.3 Å². The Kier molecular flexibility index (Phi) is 3.80. The van der Waals surface area contributed by atoms with Crippen LogP contribution in [-0.2, 0) is 0 Å². The average molecular weight is 247 g/mol. The van der Waals surface area contributed by atoms with Crippen LogP contribution >= 0.6 is 21.2 Å². The third-order valence-corrected chi connectivity index (χ3v) is 4.39. The van der Waals surface area contributed by atoms with Crippen molar-refractivity contribution in [2.45, 2.75) is 13.3 Å². The summed E-state index contributed by atoms with van der Waals surface area (Å²) in [6, 6.07) is 10.8. The molecule has 1 rings (SSSR count). The third kappa shape index (κ3) is 2.69. The Labute approximate surface area is 72.9 Å². The van der Waals surface area contributed by atoms with Crippen LogP contribution in [0.2, 0.25) is 0 Å². The molecule has 0 N–H and O–H groups in total. The Morgan fingerprint density at radius 2 is 1.90 bits per heavy atom. The molecule has 0 fully saturated rings. The van der Waals surface area contributed by atoms with Crippen molar-refractivity contribution in [2.24, 2.45) is 0 Å². The normalized spacial score (nSPS) is 9.70. The van der Waals surface area contributed by atoms with Gasteiger partial charge in [0.15, 0.2) is 0 Å². The van der Waals surface area contributed by atoms with E-state index in [1.807, 2.05) is 0 Å². The molecule has 0 atom stereocenters. The Hall–Kier alpha value is -0.0500. The van der Waals surface area contributed by atoms with Crippen molar-refractivity contribution in [3.05, 3.63) is 33.9 Å². The molecule has 0 unspecified atom stereocenters. The Bertz CT molecular complexity index is 169. The first-order valence-corrected chi connectivity index (χ1v) is 6.18. The molecule has 0 nitrogen and oxygen atoms in total. The lowest BCUT2D eigenvalue weighted by molar-refractivity contribution is 1.13. The fourth-order valence-electron chi connectivity index (χ4n) is 0.707. The van der Waals surface area contributed by atoms with Gasteiger partial charge in [0.25, 0.3) is 0 Å². The highest BCUT2D eigenvalue weighted by molar-refractivity contribution is 14.2. The fourth-order valence-corrected chi connectivity index (χ4v) is 2.79. The van der Waals surface area contributed by atoms with Gasteiger partial charge >= 0.3 is 0 Å². The number of rotatable bonds is 3. The van der Waals surface area contributed by atoms with Crippen molar-refractivity contribution in [1.82, 2.24) is 0 Å². The van der Waals surface area contributed by atoms with Crippen LogP contribution in [-0.4, -0.2) is 4.43 Å². The minimum atomic E-state index is 0.327. The summed E-state index contributed by atoms with van der Waals surface area (Å²) in [5.41, 5.74) is 0. The van der Waals surface area contributed by atoms with Crippen LogP contribution < -0.4 is 0 Å². The van der Waals surface area contributed by atoms with Gasteiger partial charge in [-0.05, 0) is 23.0 Å². The predicted molar refractivity (Wildman–Crippen MR) is 54.3 cm³/mol. The maximum Gasteiger partial charge on any atom is 0.00378 e. The number of halogens is 1. The molecule has 0 heterocycles. The van der Waals surface area contributed by atoms with Crippen molar-refractivity contribution >= 4 is 21.2 Å². The maximum absolute atomic E-state index is 2.25. The van der Waals surface area contributed by atoms with Gasteiger partial charge in [0.05, 0.1) is 0 Å². The van der Waals surface area contributed by atoms with Crippen molar-refractivity contribution in [2.75, 3.05) is 4.43 Å². The number of hydrogen-bond donors (Lipinski definition) is 0. The highest BCUT2D eigenvalue weighted by Gasteiger charge is 1.87. The minimum absolute atomic E-state index is 0.327. The van der Waals surface area contributed by atoms with Crippen LogP contribution in [0.15, 0.2) is 30.3 Å². The van der Waals surface area contributed by atoms with Crippen molar-refractivity contribution in [3.63, 3.8) is 0 Å². The van der Waals surface area contributed by atoms with Gasteiger partial charge in [0.1, 0.15) is 0 Å². The first-order chi connectivity index (χ1) is 4.93. The van der Waals surface area contributed by atoms with E-state index in [-0.39, 0.29) is 0 Å². The summed E-state index contributed by atoms with van der Waals surface area (Å²) >= 11 is 0.327. The molecule has 0 amide bonds. The second-order valence-electron chi connectivity index (χ2n) is 2.12. The Balaban J connectivity index is 2.43. The van der Waals surface area contributed by atoms with Gasteiger partial charge in [-0.3, -0.25) is 0 Å². The standard InChI is InChI=1S/C9H12I/c1-2-8-10-9-6-4-3-5-7-9/h3-7H,2,8H2,1H3. The van der Waals surface area contributed by atoms with Gasteiger partial charge in [-0.15, -0.1) is 21.2 Å². The molecule has 0 aromatic heterocycles. The zero-order valence-electron chi connectivity index (χ0n) is 6.18. The van der Waals surface area contributed by atoms with Gasteiger partial charge in [0.2, 0.25) is 0 Å². The largest absolute Gasteiger partial charge is 0.115 e. The monoisotopic (exact) mass is 247 g/mol. The number of alkyl halides is 1. The smallest absolute Gasteiger partial charge is 0.00378 e. The van der Waals surface area contributed by atoms with Crippen LogP contribution in [0.25, 0.3) is 0 Å². The van der Waals surface area contributed by atoms with E-state index in [2.05, 4.69) is 37.3 Å². The summed E-state index contributed by atoms with van der Waals surface area (Å²) in [7, 11) is 0. The molecule has 0 aliphatic rings. The van der Waals surface area contributed by atoms with E-state index >= 15 is 0 Å². The van der Waals surface area contributed by atoms with E-state index in [9.17, 15) is 0 Å². The molecule has 55 valence electrons. The van der Waals surface area contributed by atoms with Crippen molar-refractivity contribution in [1.29, 1.82) is 0 Å². The van der Waals surface area contributed by atoms with Crippen LogP contribution in [0.4, 0.5) is 0 Å². The second-order valence-corrected chi connectivity index (χ2v) is 5.21. The van der Waals surface area contributed by atoms with Gasteiger partial charge < -0.3 is 0 Å². The van der Waals surface area contributed by atoms with E-state index in [1.54, 1.807) is 3.57 Å². The summed E-state index contributed by atoms with van der Waals surface area (Å²) in [6.45, 7) is 2.25. The summed E-state index contributed by atoms with van der Waals surface area (Å²) in [5.74, 6) is 0. The lowest BCUT2D eigenvalue weighted by Crippen LogP contribution is -1.74. The molecule has 0 saturated carbocycles. The molecule has 10 heavy (non-hydrogen) atoms. The van der Waals surface area contributed by atoms with E-state index in [0.717, 1.165) is 0 Å². The quantitative estimate of drug-likeness (QED) is 0.568. The molecule has 0 aliphatic carbocycles. The lowest BCUT2D eigenvalue weighted by Gasteiger charge is -1.96. The molecule has 1 radical (unpaired) electrons. The molecule has 0 saturated heterocycles. The van der Waals surface area contributed by atoms with E-state index in [4.69, 9.17) is 0 Å². The topological polar surface area (TPSA) is 0 Å². The molecule has 0 spiro atoms. The lowest BCUT2D eigenvalue weighted by atomic mass is 10.4. The van der Waals surface area contributed by atoms with Gasteiger partial charge in [-0.1, -0.05) is 25.1 Å². The zero-order chi connectivity index (χ0) is 7.23. The molecule has 0 aliphatic heterocycles. The minimum Gasteiger partial charge on any atom is -0.115 e. The SMILES string of the molecule is CCC[I]c1ccccc1. The van der Waals surface area contributed by atoms with E-state index in [1.165, 1.54) is 10.8 Å². The van der Waals surface area contributed by atoms with Gasteiger partial charge in [-0.2, -0.15) is 0 Å². The summed E-state index contributed by atoms with van der Waals surface area (Å²) in [6.07, 6.45) is 1.34. The number of hydrogen-bond acceptors (Lipinski definition) is 0. The van der Waals surface area contributed by atoms with Crippen molar-refractivity contribution in [3.8, 4) is 0 Å². The summed E-state index contributed by atoms with van der Waals surface area (Å²) < 4.78 is 2.99. The second kappa shape index (κ2) is 4.72. The predicted octanol–water partition coefficient (Wildman–Crippen LogP) is 3.24. The van der Waals surface area contributed by atoms with E-state index in [0.29, 0.717) is 21.2 Å². The van der Waals surface area contributed by atoms with Crippen LogP contribution in [0.5, 0.6) is 0 Å². The summed E-state index contributed by atoms with van der Waals surface area (Å²) in [4.78, 5) is 0. The van der Waals surface area contributed by atoms with Crippen LogP contribution in [0, 0.1) is 3.57 Å². The van der Waals surface area contributed by atoms with E-state index < -0.39 is 0 Å². The first-order valence-electron chi connectivity index (χ1n) is 3.57. The van der Waals surface area contributed by atoms with Gasteiger partial charge in [0, 0.05) is 3.57 Å². The van der Waals surface area contributed by atoms with Crippen molar-refractivity contribution < 1.29 is 0 Å². The highest BCUT2D eigenvalue weighted by Crippen LogP contribution is 2.20. The zero-order valence-corrected chi connectivity index (χ0v) is 8.34. The maximum atomic E-state index is 2.25. The third-order valence-electron chi connectivity index (χ3n) is 1.17. The molecular formula is C9H12I. The molecular weight excluding hydrogens is 235 g/mol.